The lowest BCUT2D eigenvalue weighted by molar-refractivity contribution is 0.0147. The van der Waals surface area contributed by atoms with Crippen LogP contribution in [0, 0.1) is 11.3 Å². The third kappa shape index (κ3) is 4.76. The highest BCUT2D eigenvalue weighted by molar-refractivity contribution is 6.30. The van der Waals surface area contributed by atoms with E-state index in [9.17, 15) is 0 Å². The average molecular weight is 296 g/mol. The minimum atomic E-state index is 0.334. The van der Waals surface area contributed by atoms with Crippen molar-refractivity contribution < 1.29 is 4.74 Å². The highest BCUT2D eigenvalue weighted by Crippen LogP contribution is 2.34. The molecule has 1 N–H and O–H groups in total. The van der Waals surface area contributed by atoms with Crippen LogP contribution >= 0.6 is 11.6 Å². The summed E-state index contributed by atoms with van der Waals surface area (Å²) < 4.78 is 5.56. The summed E-state index contributed by atoms with van der Waals surface area (Å²) in [7, 11) is 0. The lowest BCUT2D eigenvalue weighted by atomic mass is 9.75. The summed E-state index contributed by atoms with van der Waals surface area (Å²) in [6.45, 7) is 8.44. The van der Waals surface area contributed by atoms with Crippen molar-refractivity contribution in [2.75, 3.05) is 26.3 Å². The summed E-state index contributed by atoms with van der Waals surface area (Å²) in [4.78, 5) is 0. The molecule has 0 bridgehead atoms. The smallest absolute Gasteiger partial charge is 0.0471 e. The largest absolute Gasteiger partial charge is 0.381 e. The number of halogens is 1. The summed E-state index contributed by atoms with van der Waals surface area (Å²) in [6, 6.07) is 8.29. The van der Waals surface area contributed by atoms with Gasteiger partial charge in [0.05, 0.1) is 0 Å². The summed E-state index contributed by atoms with van der Waals surface area (Å²) in [6.07, 6.45) is 3.39. The fourth-order valence-electron chi connectivity index (χ4n) is 2.88. The third-order valence-electron chi connectivity index (χ3n) is 4.10. The molecule has 0 aliphatic carbocycles. The van der Waals surface area contributed by atoms with E-state index < -0.39 is 0 Å². The van der Waals surface area contributed by atoms with Crippen LogP contribution in [0.15, 0.2) is 24.3 Å². The minimum Gasteiger partial charge on any atom is -0.381 e. The normalized spacial score (nSPS) is 18.4. The zero-order chi connectivity index (χ0) is 14.4. The van der Waals surface area contributed by atoms with Gasteiger partial charge in [-0.1, -0.05) is 37.6 Å². The molecule has 1 aromatic rings. The molecule has 1 aliphatic heterocycles. The van der Waals surface area contributed by atoms with Gasteiger partial charge in [-0.3, -0.25) is 0 Å². The van der Waals surface area contributed by atoms with Gasteiger partial charge in [0.15, 0.2) is 0 Å². The number of hydrogen-bond acceptors (Lipinski definition) is 2. The molecule has 1 aromatic carbocycles. The van der Waals surface area contributed by atoms with Crippen LogP contribution in [0.2, 0.25) is 5.02 Å². The molecular weight excluding hydrogens is 270 g/mol. The molecule has 3 heteroatoms. The molecule has 0 atom stereocenters. The van der Waals surface area contributed by atoms with Crippen molar-refractivity contribution in [3.8, 4) is 0 Å². The van der Waals surface area contributed by atoms with E-state index in [1.54, 1.807) is 0 Å². The Morgan fingerprint density at radius 2 is 1.85 bits per heavy atom. The maximum Gasteiger partial charge on any atom is 0.0471 e. The zero-order valence-corrected chi connectivity index (χ0v) is 13.4. The van der Waals surface area contributed by atoms with Crippen molar-refractivity contribution in [1.82, 2.24) is 5.32 Å². The Labute approximate surface area is 127 Å². The van der Waals surface area contributed by atoms with E-state index in [1.807, 2.05) is 12.1 Å². The molecule has 112 valence electrons. The predicted octanol–water partition coefficient (Wildman–Crippen LogP) is 3.92. The Hall–Kier alpha value is -0.570. The number of nitrogens with one attached hydrogen (secondary N) is 1. The van der Waals surface area contributed by atoms with Gasteiger partial charge in [0.2, 0.25) is 0 Å². The molecule has 0 radical (unpaired) electrons. The summed E-state index contributed by atoms with van der Waals surface area (Å²) in [5.41, 5.74) is 1.71. The van der Waals surface area contributed by atoms with Gasteiger partial charge in [0, 0.05) is 24.8 Å². The van der Waals surface area contributed by atoms with Gasteiger partial charge in [0.25, 0.3) is 0 Å². The molecule has 1 saturated heterocycles. The average Bonchev–Trinajstić information content (AvgIpc) is 2.42. The second-order valence-corrected chi connectivity index (χ2v) is 6.88. The van der Waals surface area contributed by atoms with E-state index in [0.717, 1.165) is 50.6 Å². The molecule has 0 saturated carbocycles. The first-order valence-electron chi connectivity index (χ1n) is 7.63. The number of rotatable bonds is 6. The summed E-state index contributed by atoms with van der Waals surface area (Å²) in [5, 5.41) is 4.46. The van der Waals surface area contributed by atoms with Crippen LogP contribution in [0.5, 0.6) is 0 Å². The Kier molecular flexibility index (Phi) is 5.88. The van der Waals surface area contributed by atoms with Crippen LogP contribution in [0.1, 0.15) is 32.3 Å². The first-order valence-corrected chi connectivity index (χ1v) is 8.00. The lowest BCUT2D eigenvalue weighted by Crippen LogP contribution is -2.41. The quantitative estimate of drug-likeness (QED) is 0.859. The van der Waals surface area contributed by atoms with Crippen molar-refractivity contribution in [1.29, 1.82) is 0 Å². The van der Waals surface area contributed by atoms with E-state index in [2.05, 4.69) is 31.3 Å². The first-order chi connectivity index (χ1) is 9.60. The Morgan fingerprint density at radius 1 is 1.20 bits per heavy atom. The van der Waals surface area contributed by atoms with Crippen molar-refractivity contribution in [2.24, 2.45) is 11.3 Å². The van der Waals surface area contributed by atoms with Crippen molar-refractivity contribution in [2.45, 2.75) is 33.1 Å². The number of hydrogen-bond donors (Lipinski definition) is 1. The molecule has 2 nitrogen and oxygen atoms in total. The van der Waals surface area contributed by atoms with E-state index in [0.29, 0.717) is 11.3 Å². The molecule has 1 aliphatic rings. The molecule has 0 spiro atoms. The van der Waals surface area contributed by atoms with Crippen molar-refractivity contribution >= 4 is 11.6 Å². The molecule has 0 unspecified atom stereocenters. The van der Waals surface area contributed by atoms with Crippen LogP contribution in [-0.4, -0.2) is 26.3 Å². The minimum absolute atomic E-state index is 0.334. The molecule has 0 aromatic heterocycles. The second-order valence-electron chi connectivity index (χ2n) is 6.44. The van der Waals surface area contributed by atoms with Gasteiger partial charge in [-0.2, -0.15) is 0 Å². The molecule has 0 amide bonds. The number of ether oxygens (including phenoxy) is 1. The fourth-order valence-corrected chi connectivity index (χ4v) is 3.01. The van der Waals surface area contributed by atoms with Gasteiger partial charge in [0.1, 0.15) is 0 Å². The summed E-state index contributed by atoms with van der Waals surface area (Å²) >= 11 is 5.98. The number of benzene rings is 1. The van der Waals surface area contributed by atoms with Crippen LogP contribution in [0.25, 0.3) is 0 Å². The maximum absolute atomic E-state index is 5.98. The van der Waals surface area contributed by atoms with Gasteiger partial charge < -0.3 is 10.1 Å². The highest BCUT2D eigenvalue weighted by atomic mass is 35.5. The molecule has 20 heavy (non-hydrogen) atoms. The third-order valence-corrected chi connectivity index (χ3v) is 4.35. The standard InChI is InChI=1S/C17H26ClNO/c1-14(2)12-19-13-17(7-9-20-10-8-17)11-15-3-5-16(18)6-4-15/h3-6,14,19H,7-13H2,1-2H3. The summed E-state index contributed by atoms with van der Waals surface area (Å²) in [5.74, 6) is 0.697. The molecular formula is C17H26ClNO. The fraction of sp³-hybridized carbons (Fsp3) is 0.647. The van der Waals surface area contributed by atoms with E-state index in [4.69, 9.17) is 16.3 Å². The van der Waals surface area contributed by atoms with Gasteiger partial charge in [-0.05, 0) is 54.8 Å². The maximum atomic E-state index is 5.98. The van der Waals surface area contributed by atoms with E-state index in [1.165, 1.54) is 5.56 Å². The first kappa shape index (κ1) is 15.8. The zero-order valence-electron chi connectivity index (χ0n) is 12.6. The molecule has 1 fully saturated rings. The van der Waals surface area contributed by atoms with E-state index in [-0.39, 0.29) is 0 Å². The van der Waals surface area contributed by atoms with Crippen LogP contribution in [0.4, 0.5) is 0 Å². The van der Waals surface area contributed by atoms with Crippen LogP contribution in [0.3, 0.4) is 0 Å². The lowest BCUT2D eigenvalue weighted by Gasteiger charge is -2.38. The second kappa shape index (κ2) is 7.44. The van der Waals surface area contributed by atoms with E-state index >= 15 is 0 Å². The topological polar surface area (TPSA) is 21.3 Å². The van der Waals surface area contributed by atoms with Crippen molar-refractivity contribution in [3.05, 3.63) is 34.9 Å². The van der Waals surface area contributed by atoms with Crippen LogP contribution in [-0.2, 0) is 11.2 Å². The SMILES string of the molecule is CC(C)CNCC1(Cc2ccc(Cl)cc2)CCOCC1. The predicted molar refractivity (Wildman–Crippen MR) is 85.3 cm³/mol. The Morgan fingerprint density at radius 3 is 2.45 bits per heavy atom. The Balaban J connectivity index is 2.00. The van der Waals surface area contributed by atoms with Crippen molar-refractivity contribution in [3.63, 3.8) is 0 Å². The monoisotopic (exact) mass is 295 g/mol. The highest BCUT2D eigenvalue weighted by Gasteiger charge is 2.32. The molecule has 2 rings (SSSR count). The van der Waals surface area contributed by atoms with Gasteiger partial charge in [-0.25, -0.2) is 0 Å². The Bertz CT molecular complexity index is 396. The molecule has 1 heterocycles. The van der Waals surface area contributed by atoms with Crippen LogP contribution < -0.4 is 5.32 Å². The van der Waals surface area contributed by atoms with Gasteiger partial charge in [-0.15, -0.1) is 0 Å². The van der Waals surface area contributed by atoms with Gasteiger partial charge >= 0.3 is 0 Å².